The quantitative estimate of drug-likeness (QED) is 0.525. The maximum Gasteiger partial charge on any atom is 0.160 e. The van der Waals surface area contributed by atoms with Gasteiger partial charge in [0.15, 0.2) is 5.78 Å². The second-order valence-corrected chi connectivity index (χ2v) is 5.49. The lowest BCUT2D eigenvalue weighted by molar-refractivity contribution is -0.112. The molecule has 0 aromatic heterocycles. The number of ketones is 1. The predicted molar refractivity (Wildman–Crippen MR) is 61.9 cm³/mol. The van der Waals surface area contributed by atoms with Gasteiger partial charge in [-0.3, -0.25) is 4.79 Å². The molecule has 0 aromatic rings. The third-order valence-electron chi connectivity index (χ3n) is 3.01. The standard InChI is InChI=1S/C13H20O3/c1-9(14)5-6-11-12(2,3)7-10(15)8-13(11,4)16/h5,10,15-16H,7-8H2,1-4H3/t6?,10-,13-/m1/s1. The Morgan fingerprint density at radius 1 is 1.44 bits per heavy atom. The van der Waals surface area contributed by atoms with E-state index >= 15 is 0 Å². The van der Waals surface area contributed by atoms with Gasteiger partial charge in [0.25, 0.3) is 0 Å². The minimum atomic E-state index is -1.09. The second kappa shape index (κ2) is 4.17. The minimum absolute atomic E-state index is 0.0924. The summed E-state index contributed by atoms with van der Waals surface area (Å²) in [6.45, 7) is 7.00. The van der Waals surface area contributed by atoms with Crippen LogP contribution in [0.3, 0.4) is 0 Å². The van der Waals surface area contributed by atoms with Crippen molar-refractivity contribution < 1.29 is 15.0 Å². The molecule has 1 saturated carbocycles. The van der Waals surface area contributed by atoms with Gasteiger partial charge in [-0.05, 0) is 25.7 Å². The van der Waals surface area contributed by atoms with E-state index in [9.17, 15) is 15.0 Å². The Morgan fingerprint density at radius 3 is 2.44 bits per heavy atom. The summed E-state index contributed by atoms with van der Waals surface area (Å²) >= 11 is 0. The molecule has 0 heterocycles. The Bertz CT molecular complexity index is 337. The maximum absolute atomic E-state index is 10.9. The highest BCUT2D eigenvalue weighted by Gasteiger charge is 2.44. The first-order valence-corrected chi connectivity index (χ1v) is 5.54. The molecule has 1 fully saturated rings. The molecule has 3 heteroatoms. The van der Waals surface area contributed by atoms with Gasteiger partial charge in [0.1, 0.15) is 0 Å². The SMILES string of the molecule is CC(=O)C=C=C1C(C)(C)C[C@@H](O)C[C@@]1(C)O. The molecule has 0 bridgehead atoms. The van der Waals surface area contributed by atoms with E-state index in [4.69, 9.17) is 0 Å². The summed E-state index contributed by atoms with van der Waals surface area (Å²) in [7, 11) is 0. The third kappa shape index (κ3) is 2.82. The van der Waals surface area contributed by atoms with E-state index in [0.29, 0.717) is 18.4 Å². The second-order valence-electron chi connectivity index (χ2n) is 5.49. The highest BCUT2D eigenvalue weighted by Crippen LogP contribution is 2.45. The van der Waals surface area contributed by atoms with Crippen LogP contribution in [0.2, 0.25) is 0 Å². The average molecular weight is 224 g/mol. The first kappa shape index (κ1) is 13.2. The van der Waals surface area contributed by atoms with Crippen LogP contribution < -0.4 is 0 Å². The highest BCUT2D eigenvalue weighted by molar-refractivity contribution is 5.87. The minimum Gasteiger partial charge on any atom is -0.393 e. The molecule has 90 valence electrons. The van der Waals surface area contributed by atoms with Crippen LogP contribution in [0.5, 0.6) is 0 Å². The largest absolute Gasteiger partial charge is 0.393 e. The van der Waals surface area contributed by atoms with Crippen molar-refractivity contribution >= 4 is 5.78 Å². The van der Waals surface area contributed by atoms with E-state index in [-0.39, 0.29) is 11.2 Å². The zero-order valence-corrected chi connectivity index (χ0v) is 10.4. The molecule has 0 saturated heterocycles. The van der Waals surface area contributed by atoms with Gasteiger partial charge in [-0.2, -0.15) is 0 Å². The normalized spacial score (nSPS) is 33.1. The van der Waals surface area contributed by atoms with Crippen molar-refractivity contribution in [2.75, 3.05) is 0 Å². The molecule has 1 aliphatic rings. The van der Waals surface area contributed by atoms with E-state index in [0.717, 1.165) is 0 Å². The number of aliphatic hydroxyl groups excluding tert-OH is 1. The number of carbonyl (C=O) groups excluding carboxylic acids is 1. The van der Waals surface area contributed by atoms with Crippen LogP contribution in [0.15, 0.2) is 17.4 Å². The Kier molecular flexibility index (Phi) is 3.44. The summed E-state index contributed by atoms with van der Waals surface area (Å²) in [6, 6.07) is 0. The van der Waals surface area contributed by atoms with E-state index in [2.05, 4.69) is 5.73 Å². The smallest absolute Gasteiger partial charge is 0.160 e. The Hall–Kier alpha value is -0.890. The van der Waals surface area contributed by atoms with Gasteiger partial charge >= 0.3 is 0 Å². The van der Waals surface area contributed by atoms with Crippen LogP contribution in [0.1, 0.15) is 40.5 Å². The third-order valence-corrected chi connectivity index (χ3v) is 3.01. The zero-order valence-electron chi connectivity index (χ0n) is 10.4. The fourth-order valence-electron chi connectivity index (χ4n) is 2.58. The maximum atomic E-state index is 10.9. The zero-order chi connectivity index (χ0) is 12.6. The number of hydrogen-bond acceptors (Lipinski definition) is 3. The monoisotopic (exact) mass is 224 g/mol. The predicted octanol–water partition coefficient (Wildman–Crippen LogP) is 1.59. The summed E-state index contributed by atoms with van der Waals surface area (Å²) in [5.74, 6) is -0.0924. The molecule has 2 atom stereocenters. The molecule has 0 unspecified atom stereocenters. The highest BCUT2D eigenvalue weighted by atomic mass is 16.3. The van der Waals surface area contributed by atoms with Crippen molar-refractivity contribution in [1.82, 2.24) is 0 Å². The van der Waals surface area contributed by atoms with Crippen LogP contribution in [-0.2, 0) is 4.79 Å². The molecule has 3 nitrogen and oxygen atoms in total. The summed E-state index contributed by atoms with van der Waals surface area (Å²) in [4.78, 5) is 10.9. The molecule has 0 aliphatic heterocycles. The topological polar surface area (TPSA) is 57.5 Å². The summed E-state index contributed by atoms with van der Waals surface area (Å²) in [6.07, 6.45) is 1.72. The molecule has 0 aromatic carbocycles. The molecule has 2 N–H and O–H groups in total. The molecule has 0 radical (unpaired) electrons. The molecule has 0 spiro atoms. The van der Waals surface area contributed by atoms with Crippen molar-refractivity contribution in [3.05, 3.63) is 17.4 Å². The number of hydrogen-bond donors (Lipinski definition) is 2. The van der Waals surface area contributed by atoms with E-state index in [1.807, 2.05) is 13.8 Å². The lowest BCUT2D eigenvalue weighted by Gasteiger charge is -2.43. The van der Waals surface area contributed by atoms with Crippen molar-refractivity contribution in [1.29, 1.82) is 0 Å². The number of aliphatic hydroxyl groups is 2. The van der Waals surface area contributed by atoms with Crippen LogP contribution >= 0.6 is 0 Å². The number of carbonyl (C=O) groups is 1. The first-order valence-electron chi connectivity index (χ1n) is 5.54. The van der Waals surface area contributed by atoms with Crippen molar-refractivity contribution in [3.63, 3.8) is 0 Å². The summed E-state index contributed by atoms with van der Waals surface area (Å²) in [5.41, 5.74) is 2.17. The molecule has 0 amide bonds. The van der Waals surface area contributed by atoms with Crippen LogP contribution in [0, 0.1) is 5.41 Å². The Labute approximate surface area is 96.5 Å². The van der Waals surface area contributed by atoms with Crippen LogP contribution in [0.4, 0.5) is 0 Å². The number of rotatable bonds is 1. The van der Waals surface area contributed by atoms with E-state index < -0.39 is 11.7 Å². The van der Waals surface area contributed by atoms with Gasteiger partial charge in [0.05, 0.1) is 11.7 Å². The van der Waals surface area contributed by atoms with Gasteiger partial charge in [-0.25, -0.2) is 0 Å². The lowest BCUT2D eigenvalue weighted by Crippen LogP contribution is -2.45. The van der Waals surface area contributed by atoms with Crippen LogP contribution in [-0.4, -0.2) is 27.7 Å². The Morgan fingerprint density at radius 2 is 2.00 bits per heavy atom. The average Bonchev–Trinajstić information content (AvgIpc) is 1.96. The van der Waals surface area contributed by atoms with Gasteiger partial charge in [0.2, 0.25) is 0 Å². The summed E-state index contributed by atoms with van der Waals surface area (Å²) < 4.78 is 0. The molecule has 1 aliphatic carbocycles. The molecule has 1 rings (SSSR count). The Balaban J connectivity index is 3.22. The van der Waals surface area contributed by atoms with Gasteiger partial charge in [0, 0.05) is 18.1 Å². The van der Waals surface area contributed by atoms with Crippen molar-refractivity contribution in [2.45, 2.75) is 52.2 Å². The van der Waals surface area contributed by atoms with Gasteiger partial charge < -0.3 is 10.2 Å². The lowest BCUT2D eigenvalue weighted by atomic mass is 9.65. The summed E-state index contributed by atoms with van der Waals surface area (Å²) in [5, 5.41) is 20.0. The fraction of sp³-hybridized carbons (Fsp3) is 0.692. The fourth-order valence-corrected chi connectivity index (χ4v) is 2.58. The van der Waals surface area contributed by atoms with Crippen LogP contribution in [0.25, 0.3) is 0 Å². The van der Waals surface area contributed by atoms with Gasteiger partial charge in [-0.15, -0.1) is 5.73 Å². The van der Waals surface area contributed by atoms with Crippen molar-refractivity contribution in [3.8, 4) is 0 Å². The molecular weight excluding hydrogens is 204 g/mol. The van der Waals surface area contributed by atoms with E-state index in [1.165, 1.54) is 13.0 Å². The molecular formula is C13H20O3. The van der Waals surface area contributed by atoms with E-state index in [1.54, 1.807) is 6.92 Å². The van der Waals surface area contributed by atoms with Crippen molar-refractivity contribution in [2.24, 2.45) is 5.41 Å². The first-order chi connectivity index (χ1) is 7.15. The molecule has 16 heavy (non-hydrogen) atoms. The van der Waals surface area contributed by atoms with Gasteiger partial charge in [-0.1, -0.05) is 13.8 Å².